The highest BCUT2D eigenvalue weighted by Gasteiger charge is 2.08. The van der Waals surface area contributed by atoms with Gasteiger partial charge in [0.25, 0.3) is 0 Å². The van der Waals surface area contributed by atoms with Crippen molar-refractivity contribution in [2.75, 3.05) is 37.3 Å². The average molecular weight is 400 g/mol. The molecule has 2 heterocycles. The summed E-state index contributed by atoms with van der Waals surface area (Å²) >= 11 is 0. The number of anilines is 2. The lowest BCUT2D eigenvalue weighted by Gasteiger charge is -2.14. The number of hydrogen-bond acceptors (Lipinski definition) is 6. The van der Waals surface area contributed by atoms with E-state index in [-0.39, 0.29) is 12.3 Å². The number of aromatic nitrogens is 2. The molecule has 0 spiro atoms. The van der Waals surface area contributed by atoms with Crippen LogP contribution in [-0.2, 0) is 11.2 Å². The van der Waals surface area contributed by atoms with E-state index in [1.54, 1.807) is 24.7 Å². The summed E-state index contributed by atoms with van der Waals surface area (Å²) in [6.07, 6.45) is 7.93. The van der Waals surface area contributed by atoms with E-state index in [1.165, 1.54) is 0 Å². The smallest absolute Gasteiger partial charge is 0.307 e. The summed E-state index contributed by atoms with van der Waals surface area (Å²) in [5, 5.41) is 18.8. The van der Waals surface area contributed by atoms with Crippen LogP contribution in [0.1, 0.15) is 37.3 Å². The van der Waals surface area contributed by atoms with E-state index < -0.39 is 5.97 Å². The Kier molecular flexibility index (Phi) is 11.7. The van der Waals surface area contributed by atoms with Crippen molar-refractivity contribution < 1.29 is 9.90 Å². The number of carboxylic acids is 1. The Morgan fingerprint density at radius 1 is 1.34 bits per heavy atom. The monoisotopic (exact) mass is 399 g/mol. The van der Waals surface area contributed by atoms with Crippen molar-refractivity contribution in [2.45, 2.75) is 32.6 Å². The first-order chi connectivity index (χ1) is 14.0. The van der Waals surface area contributed by atoms with Gasteiger partial charge in [0.1, 0.15) is 5.82 Å². The Morgan fingerprint density at radius 3 is 2.79 bits per heavy atom. The van der Waals surface area contributed by atoms with E-state index in [0.717, 1.165) is 48.7 Å². The first kappa shape index (κ1) is 24.1. The van der Waals surface area contributed by atoms with Gasteiger partial charge in [-0.15, -0.1) is 6.58 Å². The zero-order valence-electron chi connectivity index (χ0n) is 17.6. The van der Waals surface area contributed by atoms with Gasteiger partial charge in [0.15, 0.2) is 0 Å². The van der Waals surface area contributed by atoms with Crippen molar-refractivity contribution in [1.82, 2.24) is 15.3 Å². The van der Waals surface area contributed by atoms with Gasteiger partial charge in [-0.1, -0.05) is 19.1 Å². The number of carboxylic acid groups (broad SMARTS) is 1. The number of rotatable bonds is 11. The second-order valence-corrected chi connectivity index (χ2v) is 6.64. The molecule has 1 unspecified atom stereocenters. The fourth-order valence-electron chi connectivity index (χ4n) is 2.67. The summed E-state index contributed by atoms with van der Waals surface area (Å²) in [4.78, 5) is 19.2. The lowest BCUT2D eigenvalue weighted by Crippen LogP contribution is -2.23. The van der Waals surface area contributed by atoms with Gasteiger partial charge in [-0.3, -0.25) is 9.78 Å². The zero-order valence-corrected chi connectivity index (χ0v) is 17.6. The average Bonchev–Trinajstić information content (AvgIpc) is 2.71. The first-order valence-electron chi connectivity index (χ1n) is 9.81. The van der Waals surface area contributed by atoms with Crippen LogP contribution in [0, 0.1) is 0 Å². The molecule has 0 aliphatic heterocycles. The number of aliphatic carboxylic acids is 1. The normalized spacial score (nSPS) is 11.0. The first-order valence-corrected chi connectivity index (χ1v) is 9.81. The summed E-state index contributed by atoms with van der Waals surface area (Å²) in [6.45, 7) is 9.95. The molecule has 0 aromatic carbocycles. The maximum absolute atomic E-state index is 10.8. The second kappa shape index (κ2) is 14.1. The van der Waals surface area contributed by atoms with Crippen molar-refractivity contribution in [3.63, 3.8) is 0 Å². The number of pyridine rings is 2. The van der Waals surface area contributed by atoms with Crippen molar-refractivity contribution in [1.29, 1.82) is 0 Å². The molecule has 2 aromatic rings. The molecule has 29 heavy (non-hydrogen) atoms. The topological polar surface area (TPSA) is 99.2 Å². The van der Waals surface area contributed by atoms with Gasteiger partial charge in [0.05, 0.1) is 12.1 Å². The van der Waals surface area contributed by atoms with Gasteiger partial charge in [0.2, 0.25) is 0 Å². The minimum atomic E-state index is -0.836. The lowest BCUT2D eigenvalue weighted by molar-refractivity contribution is -0.136. The van der Waals surface area contributed by atoms with E-state index >= 15 is 0 Å². The van der Waals surface area contributed by atoms with E-state index in [4.69, 9.17) is 5.11 Å². The van der Waals surface area contributed by atoms with E-state index in [2.05, 4.69) is 39.4 Å². The molecule has 0 amide bonds. The Bertz CT molecular complexity index is 751. The van der Waals surface area contributed by atoms with Crippen LogP contribution < -0.4 is 16.0 Å². The second-order valence-electron chi connectivity index (χ2n) is 6.64. The van der Waals surface area contributed by atoms with Crippen LogP contribution in [0.2, 0.25) is 0 Å². The lowest BCUT2D eigenvalue weighted by atomic mass is 10.0. The molecule has 0 saturated carbocycles. The Hall–Kier alpha value is -2.93. The van der Waals surface area contributed by atoms with Crippen LogP contribution >= 0.6 is 0 Å². The Labute approximate surface area is 173 Å². The quantitative estimate of drug-likeness (QED) is 0.339. The fourth-order valence-corrected chi connectivity index (χ4v) is 2.67. The molecule has 0 aliphatic rings. The third-order valence-electron chi connectivity index (χ3n) is 4.08. The zero-order chi connectivity index (χ0) is 21.5. The van der Waals surface area contributed by atoms with Gasteiger partial charge >= 0.3 is 5.97 Å². The highest BCUT2D eigenvalue weighted by molar-refractivity contribution is 5.70. The summed E-state index contributed by atoms with van der Waals surface area (Å²) in [6, 6.07) is 5.85. The molecule has 7 heteroatoms. The van der Waals surface area contributed by atoms with Crippen LogP contribution in [0.3, 0.4) is 0 Å². The molecule has 0 saturated heterocycles. The minimum Gasteiger partial charge on any atom is -0.481 e. The number of nitrogens with zero attached hydrogens (tertiary/aromatic N) is 2. The number of nitrogens with one attached hydrogen (secondary N) is 3. The van der Waals surface area contributed by atoms with Gasteiger partial charge in [-0.2, -0.15) is 0 Å². The highest BCUT2D eigenvalue weighted by atomic mass is 16.4. The van der Waals surface area contributed by atoms with Crippen LogP contribution in [0.25, 0.3) is 0 Å². The molecule has 158 valence electrons. The fraction of sp³-hybridized carbons (Fsp3) is 0.409. The summed E-state index contributed by atoms with van der Waals surface area (Å²) in [7, 11) is 1.86. The summed E-state index contributed by atoms with van der Waals surface area (Å²) in [5.74, 6) is 0.290. The highest BCUT2D eigenvalue weighted by Crippen LogP contribution is 2.17. The number of carbonyl (C=O) groups is 1. The van der Waals surface area contributed by atoms with Gasteiger partial charge < -0.3 is 21.1 Å². The van der Waals surface area contributed by atoms with E-state index in [9.17, 15) is 4.79 Å². The van der Waals surface area contributed by atoms with E-state index in [1.807, 2.05) is 32.2 Å². The summed E-state index contributed by atoms with van der Waals surface area (Å²) in [5.41, 5.74) is 2.80. The molecule has 0 aliphatic carbocycles. The molecule has 1 atom stereocenters. The molecule has 0 radical (unpaired) electrons. The van der Waals surface area contributed by atoms with Crippen LogP contribution in [0.15, 0.2) is 49.4 Å². The molecular weight excluding hydrogens is 366 g/mol. The summed E-state index contributed by atoms with van der Waals surface area (Å²) < 4.78 is 0. The third kappa shape index (κ3) is 9.71. The van der Waals surface area contributed by atoms with Gasteiger partial charge in [0, 0.05) is 38.7 Å². The maximum atomic E-state index is 10.8. The van der Waals surface area contributed by atoms with Crippen molar-refractivity contribution in [3.8, 4) is 0 Å². The molecule has 0 fully saturated rings. The minimum absolute atomic E-state index is 0.00953. The Morgan fingerprint density at radius 2 is 2.10 bits per heavy atom. The molecular formula is C22H33N5O2. The predicted molar refractivity (Wildman–Crippen MR) is 120 cm³/mol. The van der Waals surface area contributed by atoms with Crippen LogP contribution in [-0.4, -0.2) is 47.7 Å². The SMILES string of the molecule is C=CC.CNc1ncccc1NCCCNCC(C)c1cncc(CC(=O)O)c1. The largest absolute Gasteiger partial charge is 0.481 e. The molecule has 0 bridgehead atoms. The molecule has 2 aromatic heterocycles. The van der Waals surface area contributed by atoms with Crippen molar-refractivity contribution in [3.05, 3.63) is 60.6 Å². The third-order valence-corrected chi connectivity index (χ3v) is 4.08. The van der Waals surface area contributed by atoms with Gasteiger partial charge in [-0.25, -0.2) is 4.98 Å². The van der Waals surface area contributed by atoms with Gasteiger partial charge in [-0.05, 0) is 49.1 Å². The predicted octanol–water partition coefficient (Wildman–Crippen LogP) is 3.53. The molecule has 2 rings (SSSR count). The standard InChI is InChI=1S/C19H27N5O2.C3H6/c1-14(16-9-15(10-18(25)26)12-22-13-16)11-21-6-4-8-23-17-5-3-7-24-19(17)20-2;1-3-2/h3,5,7,9,12-14,21,23H,4,6,8,10-11H2,1-2H3,(H,20,24)(H,25,26);3H,1H2,2H3. The molecule has 4 N–H and O–H groups in total. The molecule has 7 nitrogen and oxygen atoms in total. The number of allylic oxidation sites excluding steroid dienone is 1. The van der Waals surface area contributed by atoms with E-state index in [0.29, 0.717) is 0 Å². The van der Waals surface area contributed by atoms with Crippen LogP contribution in [0.5, 0.6) is 0 Å². The van der Waals surface area contributed by atoms with Crippen LogP contribution in [0.4, 0.5) is 11.5 Å². The van der Waals surface area contributed by atoms with Crippen molar-refractivity contribution in [2.24, 2.45) is 0 Å². The van der Waals surface area contributed by atoms with Crippen molar-refractivity contribution >= 4 is 17.5 Å². The number of hydrogen-bond donors (Lipinski definition) is 4. The Balaban J connectivity index is 0.00000132. The maximum Gasteiger partial charge on any atom is 0.307 e.